The number of hydrogen-bond donors (Lipinski definition) is 2. The highest BCUT2D eigenvalue weighted by Gasteiger charge is 2.30. The van der Waals surface area contributed by atoms with E-state index in [4.69, 9.17) is 5.11 Å². The van der Waals surface area contributed by atoms with Gasteiger partial charge in [0.1, 0.15) is 6.04 Å². The van der Waals surface area contributed by atoms with Crippen molar-refractivity contribution in [1.82, 2.24) is 5.32 Å². The normalized spacial score (nSPS) is 33.5. The molecule has 1 heterocycles. The van der Waals surface area contributed by atoms with E-state index in [2.05, 4.69) is 5.32 Å². The number of aliphatic carboxylic acids is 1. The van der Waals surface area contributed by atoms with Gasteiger partial charge in [-0.25, -0.2) is 0 Å². The van der Waals surface area contributed by atoms with E-state index in [1.54, 1.807) is 0 Å². The van der Waals surface area contributed by atoms with Crippen LogP contribution in [0.25, 0.3) is 0 Å². The van der Waals surface area contributed by atoms with Gasteiger partial charge in [0, 0.05) is 0 Å². The predicted molar refractivity (Wildman–Crippen MR) is 49.5 cm³/mol. The lowest BCUT2D eigenvalue weighted by atomic mass is 9.98. The second-order valence-corrected chi connectivity index (χ2v) is 4.42. The standard InChI is InChI=1S/C10H17NO2/c12-10(13)9-5-8(6-11-9)4-3-7-1-2-7/h7-9,11H,1-6H2,(H,12,13). The summed E-state index contributed by atoms with van der Waals surface area (Å²) in [5, 5.41) is 11.8. The summed E-state index contributed by atoms with van der Waals surface area (Å²) in [7, 11) is 0. The lowest BCUT2D eigenvalue weighted by molar-refractivity contribution is -0.139. The third-order valence-electron chi connectivity index (χ3n) is 3.20. The molecule has 0 aromatic carbocycles. The Morgan fingerprint density at radius 3 is 2.54 bits per heavy atom. The second-order valence-electron chi connectivity index (χ2n) is 4.42. The molecule has 3 nitrogen and oxygen atoms in total. The first kappa shape index (κ1) is 9.00. The monoisotopic (exact) mass is 183 g/mol. The topological polar surface area (TPSA) is 49.3 Å². The summed E-state index contributed by atoms with van der Waals surface area (Å²) in [6, 6.07) is -0.274. The molecule has 1 saturated carbocycles. The van der Waals surface area contributed by atoms with Crippen molar-refractivity contribution in [2.45, 2.75) is 38.1 Å². The van der Waals surface area contributed by atoms with E-state index in [0.29, 0.717) is 5.92 Å². The smallest absolute Gasteiger partial charge is 0.320 e. The van der Waals surface area contributed by atoms with Crippen molar-refractivity contribution in [3.05, 3.63) is 0 Å². The molecule has 0 bridgehead atoms. The van der Waals surface area contributed by atoms with Crippen LogP contribution in [-0.4, -0.2) is 23.7 Å². The largest absolute Gasteiger partial charge is 0.480 e. The molecule has 2 rings (SSSR count). The minimum absolute atomic E-state index is 0.274. The predicted octanol–water partition coefficient (Wildman–Crippen LogP) is 1.24. The van der Waals surface area contributed by atoms with Gasteiger partial charge >= 0.3 is 5.97 Å². The van der Waals surface area contributed by atoms with E-state index < -0.39 is 5.97 Å². The Bertz CT molecular complexity index is 201. The Hall–Kier alpha value is -0.570. The Labute approximate surface area is 78.5 Å². The summed E-state index contributed by atoms with van der Waals surface area (Å²) in [6.07, 6.45) is 6.19. The third kappa shape index (κ3) is 2.44. The number of carbonyl (C=O) groups is 1. The summed E-state index contributed by atoms with van der Waals surface area (Å²) in [5.74, 6) is 0.902. The van der Waals surface area contributed by atoms with Crippen molar-refractivity contribution in [1.29, 1.82) is 0 Å². The van der Waals surface area contributed by atoms with Gasteiger partial charge in [0.2, 0.25) is 0 Å². The number of carboxylic acids is 1. The molecule has 2 aliphatic rings. The highest BCUT2D eigenvalue weighted by atomic mass is 16.4. The Morgan fingerprint density at radius 2 is 2.00 bits per heavy atom. The first-order chi connectivity index (χ1) is 6.25. The number of hydrogen-bond acceptors (Lipinski definition) is 2. The first-order valence-electron chi connectivity index (χ1n) is 5.22. The molecule has 2 atom stereocenters. The summed E-state index contributed by atoms with van der Waals surface area (Å²) in [5.41, 5.74) is 0. The molecule has 1 aliphatic heterocycles. The van der Waals surface area contributed by atoms with E-state index in [0.717, 1.165) is 18.9 Å². The Kier molecular flexibility index (Phi) is 2.54. The number of rotatable bonds is 4. The maximum atomic E-state index is 10.6. The maximum absolute atomic E-state index is 10.6. The van der Waals surface area contributed by atoms with Crippen LogP contribution in [0.5, 0.6) is 0 Å². The number of carboxylic acid groups (broad SMARTS) is 1. The molecule has 2 N–H and O–H groups in total. The zero-order chi connectivity index (χ0) is 9.26. The average Bonchev–Trinajstić information content (AvgIpc) is 2.79. The van der Waals surface area contributed by atoms with Gasteiger partial charge in [-0.2, -0.15) is 0 Å². The molecule has 3 heteroatoms. The highest BCUT2D eigenvalue weighted by Crippen LogP contribution is 2.35. The minimum atomic E-state index is -0.686. The van der Waals surface area contributed by atoms with Crippen molar-refractivity contribution >= 4 is 5.97 Å². The molecular weight excluding hydrogens is 166 g/mol. The van der Waals surface area contributed by atoms with Crippen molar-refractivity contribution in [2.24, 2.45) is 11.8 Å². The fourth-order valence-corrected chi connectivity index (χ4v) is 2.09. The molecule has 1 saturated heterocycles. The summed E-state index contributed by atoms with van der Waals surface area (Å²) >= 11 is 0. The van der Waals surface area contributed by atoms with Crippen LogP contribution in [0.3, 0.4) is 0 Å². The van der Waals surface area contributed by atoms with E-state index >= 15 is 0 Å². The molecular formula is C10H17NO2. The molecule has 0 spiro atoms. The van der Waals surface area contributed by atoms with E-state index in [1.165, 1.54) is 25.7 Å². The fourth-order valence-electron chi connectivity index (χ4n) is 2.09. The summed E-state index contributed by atoms with van der Waals surface area (Å²) in [4.78, 5) is 10.6. The van der Waals surface area contributed by atoms with Crippen LogP contribution >= 0.6 is 0 Å². The van der Waals surface area contributed by atoms with Crippen molar-refractivity contribution < 1.29 is 9.90 Å². The van der Waals surface area contributed by atoms with Crippen LogP contribution in [0, 0.1) is 11.8 Å². The van der Waals surface area contributed by atoms with Gasteiger partial charge in [-0.1, -0.05) is 19.3 Å². The van der Waals surface area contributed by atoms with Crippen molar-refractivity contribution in [2.75, 3.05) is 6.54 Å². The van der Waals surface area contributed by atoms with Gasteiger partial charge in [-0.15, -0.1) is 0 Å². The molecule has 2 unspecified atom stereocenters. The Morgan fingerprint density at radius 1 is 1.31 bits per heavy atom. The van der Waals surface area contributed by atoms with Crippen molar-refractivity contribution in [3.8, 4) is 0 Å². The van der Waals surface area contributed by atoms with Crippen LogP contribution in [0.1, 0.15) is 32.1 Å². The van der Waals surface area contributed by atoms with Crippen LogP contribution in [0.4, 0.5) is 0 Å². The zero-order valence-corrected chi connectivity index (χ0v) is 7.83. The quantitative estimate of drug-likeness (QED) is 0.689. The SMILES string of the molecule is O=C(O)C1CC(CCC2CC2)CN1. The third-order valence-corrected chi connectivity index (χ3v) is 3.20. The second kappa shape index (κ2) is 3.66. The van der Waals surface area contributed by atoms with Crippen LogP contribution in [0.2, 0.25) is 0 Å². The molecule has 0 aromatic heterocycles. The first-order valence-corrected chi connectivity index (χ1v) is 5.22. The van der Waals surface area contributed by atoms with E-state index in [9.17, 15) is 4.79 Å². The summed E-state index contributed by atoms with van der Waals surface area (Å²) < 4.78 is 0. The Balaban J connectivity index is 1.67. The lowest BCUT2D eigenvalue weighted by Crippen LogP contribution is -2.29. The van der Waals surface area contributed by atoms with Crippen LogP contribution in [-0.2, 0) is 4.79 Å². The number of nitrogens with one attached hydrogen (secondary N) is 1. The van der Waals surface area contributed by atoms with Gasteiger partial charge in [0.05, 0.1) is 0 Å². The molecule has 0 amide bonds. The fraction of sp³-hybridized carbons (Fsp3) is 0.900. The van der Waals surface area contributed by atoms with Gasteiger partial charge < -0.3 is 10.4 Å². The molecule has 1 aliphatic carbocycles. The molecule has 13 heavy (non-hydrogen) atoms. The molecule has 2 fully saturated rings. The van der Waals surface area contributed by atoms with Crippen LogP contribution < -0.4 is 5.32 Å². The average molecular weight is 183 g/mol. The maximum Gasteiger partial charge on any atom is 0.320 e. The lowest BCUT2D eigenvalue weighted by Gasteiger charge is -2.06. The molecule has 0 aromatic rings. The van der Waals surface area contributed by atoms with Gasteiger partial charge in [-0.05, 0) is 31.2 Å². The van der Waals surface area contributed by atoms with E-state index in [-0.39, 0.29) is 6.04 Å². The highest BCUT2D eigenvalue weighted by molar-refractivity contribution is 5.73. The van der Waals surface area contributed by atoms with Gasteiger partial charge in [0.15, 0.2) is 0 Å². The summed E-state index contributed by atoms with van der Waals surface area (Å²) in [6.45, 7) is 0.906. The van der Waals surface area contributed by atoms with Crippen LogP contribution in [0.15, 0.2) is 0 Å². The van der Waals surface area contributed by atoms with Gasteiger partial charge in [-0.3, -0.25) is 4.79 Å². The zero-order valence-electron chi connectivity index (χ0n) is 7.83. The minimum Gasteiger partial charge on any atom is -0.480 e. The molecule has 74 valence electrons. The van der Waals surface area contributed by atoms with Gasteiger partial charge in [0.25, 0.3) is 0 Å². The van der Waals surface area contributed by atoms with E-state index in [1.807, 2.05) is 0 Å². The van der Waals surface area contributed by atoms with Crippen molar-refractivity contribution in [3.63, 3.8) is 0 Å². The molecule has 0 radical (unpaired) electrons.